The van der Waals surface area contributed by atoms with Crippen molar-refractivity contribution in [2.45, 2.75) is 62.9 Å². The fraction of sp³-hybridized carbons (Fsp3) is 0.393. The van der Waals surface area contributed by atoms with Gasteiger partial charge >= 0.3 is 0 Å². The van der Waals surface area contributed by atoms with Crippen LogP contribution in [0.5, 0.6) is 0 Å². The first-order chi connectivity index (χ1) is 18.3. The highest BCUT2D eigenvalue weighted by Crippen LogP contribution is 2.49. The molecular weight excluding hydrogens is 483 g/mol. The lowest BCUT2D eigenvalue weighted by atomic mass is 9.90. The summed E-state index contributed by atoms with van der Waals surface area (Å²) in [6.07, 6.45) is 6.64. The number of carbonyl (C=O) groups excluding carboxylic acids is 1. The van der Waals surface area contributed by atoms with Crippen molar-refractivity contribution in [1.29, 1.82) is 5.26 Å². The number of fused-ring (bicyclic) bond motifs is 2. The van der Waals surface area contributed by atoms with Crippen molar-refractivity contribution in [3.05, 3.63) is 64.7 Å². The summed E-state index contributed by atoms with van der Waals surface area (Å²) >= 11 is 0. The maximum atomic E-state index is 14.5. The van der Waals surface area contributed by atoms with Crippen molar-refractivity contribution >= 4 is 29.2 Å². The highest BCUT2D eigenvalue weighted by atomic mass is 19.1. The molecule has 3 heterocycles. The molecule has 3 aliphatic rings. The molecule has 1 spiro atoms. The molecule has 38 heavy (non-hydrogen) atoms. The summed E-state index contributed by atoms with van der Waals surface area (Å²) in [5, 5.41) is 22.4. The minimum absolute atomic E-state index is 0.0124. The minimum atomic E-state index is -1.13. The second-order valence-corrected chi connectivity index (χ2v) is 10.8. The highest BCUT2D eigenvalue weighted by molar-refractivity contribution is 5.99. The number of carbonyl (C=O) groups is 1. The number of aromatic nitrogens is 3. The molecule has 4 N–H and O–H groups in total. The van der Waals surface area contributed by atoms with E-state index >= 15 is 0 Å². The van der Waals surface area contributed by atoms with E-state index in [0.29, 0.717) is 5.95 Å². The number of halogens is 1. The van der Waals surface area contributed by atoms with E-state index in [1.54, 1.807) is 13.8 Å². The van der Waals surface area contributed by atoms with E-state index in [4.69, 9.17) is 0 Å². The van der Waals surface area contributed by atoms with Gasteiger partial charge in [0.25, 0.3) is 5.91 Å². The predicted octanol–water partition coefficient (Wildman–Crippen LogP) is 4.33. The zero-order chi connectivity index (χ0) is 26.5. The van der Waals surface area contributed by atoms with Gasteiger partial charge in [-0.15, -0.1) is 0 Å². The molecule has 1 aliphatic heterocycles. The topological polar surface area (TPSA) is 128 Å². The van der Waals surface area contributed by atoms with Crippen molar-refractivity contribution in [2.24, 2.45) is 0 Å². The van der Waals surface area contributed by atoms with E-state index in [2.05, 4.69) is 54.4 Å². The van der Waals surface area contributed by atoms with Crippen LogP contribution in [0, 0.1) is 17.1 Å². The molecule has 10 heteroatoms. The van der Waals surface area contributed by atoms with Gasteiger partial charge in [0.1, 0.15) is 23.0 Å². The lowest BCUT2D eigenvalue weighted by Gasteiger charge is -2.27. The summed E-state index contributed by atoms with van der Waals surface area (Å²) in [6.45, 7) is 4.16. The molecule has 1 amide bonds. The lowest BCUT2D eigenvalue weighted by molar-refractivity contribution is 0.0951. The first-order valence-corrected chi connectivity index (χ1v) is 12.9. The summed E-state index contributed by atoms with van der Waals surface area (Å²) in [4.78, 5) is 26.3. The van der Waals surface area contributed by atoms with Gasteiger partial charge in [0, 0.05) is 30.0 Å². The summed E-state index contributed by atoms with van der Waals surface area (Å²) < 4.78 is 14.5. The first kappa shape index (κ1) is 24.2. The zero-order valence-electron chi connectivity index (χ0n) is 21.4. The van der Waals surface area contributed by atoms with E-state index in [1.165, 1.54) is 42.3 Å². The van der Waals surface area contributed by atoms with Crippen LogP contribution in [-0.4, -0.2) is 33.4 Å². The molecule has 1 aromatic carbocycles. The number of benzene rings is 1. The maximum absolute atomic E-state index is 14.5. The van der Waals surface area contributed by atoms with Crippen molar-refractivity contribution in [2.75, 3.05) is 17.2 Å². The normalized spacial score (nSPS) is 17.3. The third kappa shape index (κ3) is 4.65. The number of nitrogens with one attached hydrogen (secondary N) is 4. The standard InChI is InChI=1S/C28H29FN8O/c1-27(2,15-30)23-21(29)7-8-22(35-23)36-24-19(25(38)33-17-3-4-17)14-31-26(37-24)34-18-5-6-20-16(13-18)9-12-32-28(20)10-11-28/h5-8,13-14,17,32H,3-4,9-12H2,1-2H3,(H,33,38)(H2,31,34,35,36,37). The second-order valence-electron chi connectivity index (χ2n) is 10.8. The number of hydrogen-bond donors (Lipinski definition) is 4. The Balaban J connectivity index is 1.31. The van der Waals surface area contributed by atoms with Gasteiger partial charge in [-0.1, -0.05) is 6.07 Å². The van der Waals surface area contributed by atoms with Crippen molar-refractivity contribution in [1.82, 2.24) is 25.6 Å². The van der Waals surface area contributed by atoms with Gasteiger partial charge in [-0.25, -0.2) is 14.4 Å². The molecule has 3 aromatic rings. The Bertz CT molecular complexity index is 1470. The third-order valence-corrected chi connectivity index (χ3v) is 7.39. The van der Waals surface area contributed by atoms with Crippen molar-refractivity contribution in [3.8, 4) is 6.07 Å². The molecule has 0 bridgehead atoms. The average molecular weight is 513 g/mol. The number of nitrogens with zero attached hydrogens (tertiary/aromatic N) is 4. The molecule has 2 fully saturated rings. The maximum Gasteiger partial charge on any atom is 0.256 e. The van der Waals surface area contributed by atoms with Crippen LogP contribution in [-0.2, 0) is 17.4 Å². The van der Waals surface area contributed by atoms with Crippen LogP contribution in [0.4, 0.5) is 27.7 Å². The first-order valence-electron chi connectivity index (χ1n) is 12.9. The molecule has 2 aromatic heterocycles. The van der Waals surface area contributed by atoms with Gasteiger partial charge in [0.2, 0.25) is 5.95 Å². The molecule has 2 aliphatic carbocycles. The van der Waals surface area contributed by atoms with Crippen LogP contribution in [0.15, 0.2) is 36.5 Å². The van der Waals surface area contributed by atoms with Crippen LogP contribution >= 0.6 is 0 Å². The molecule has 0 unspecified atom stereocenters. The molecule has 0 saturated heterocycles. The van der Waals surface area contributed by atoms with E-state index < -0.39 is 11.2 Å². The Labute approximate surface area is 220 Å². The Morgan fingerprint density at radius 3 is 2.74 bits per heavy atom. The minimum Gasteiger partial charge on any atom is -0.349 e. The Morgan fingerprint density at radius 2 is 2.00 bits per heavy atom. The Kier molecular flexibility index (Phi) is 5.76. The molecule has 194 valence electrons. The molecule has 0 radical (unpaired) electrons. The molecular formula is C28H29FN8O. The SMILES string of the molecule is CC(C)(C#N)c1nc(Nc2nc(Nc3ccc4c(c3)CCNC43CC3)ncc2C(=O)NC2CC2)ccc1F. The van der Waals surface area contributed by atoms with Crippen molar-refractivity contribution < 1.29 is 9.18 Å². The van der Waals surface area contributed by atoms with Crippen LogP contribution in [0.2, 0.25) is 0 Å². The van der Waals surface area contributed by atoms with E-state index in [9.17, 15) is 14.4 Å². The molecule has 6 rings (SSSR count). The van der Waals surface area contributed by atoms with Gasteiger partial charge in [-0.3, -0.25) is 4.79 Å². The van der Waals surface area contributed by atoms with Gasteiger partial charge in [0.15, 0.2) is 0 Å². The summed E-state index contributed by atoms with van der Waals surface area (Å²) in [7, 11) is 0. The third-order valence-electron chi connectivity index (χ3n) is 7.39. The van der Waals surface area contributed by atoms with Crippen LogP contribution in [0.25, 0.3) is 0 Å². The highest BCUT2D eigenvalue weighted by Gasteiger charge is 2.46. The Morgan fingerprint density at radius 1 is 1.18 bits per heavy atom. The number of amides is 1. The number of hydrogen-bond acceptors (Lipinski definition) is 8. The Hall–Kier alpha value is -4.10. The number of anilines is 4. The lowest BCUT2D eigenvalue weighted by Crippen LogP contribution is -2.36. The smallest absolute Gasteiger partial charge is 0.256 e. The summed E-state index contributed by atoms with van der Waals surface area (Å²) in [6, 6.07) is 11.3. The molecule has 2 saturated carbocycles. The van der Waals surface area contributed by atoms with Crippen LogP contribution in [0.3, 0.4) is 0 Å². The average Bonchev–Trinajstić information content (AvgIpc) is 3.84. The predicted molar refractivity (Wildman–Crippen MR) is 141 cm³/mol. The summed E-state index contributed by atoms with van der Waals surface area (Å²) in [5.41, 5.74) is 2.82. The largest absolute Gasteiger partial charge is 0.349 e. The fourth-order valence-corrected chi connectivity index (χ4v) is 4.90. The van der Waals surface area contributed by atoms with Crippen molar-refractivity contribution in [3.63, 3.8) is 0 Å². The van der Waals surface area contributed by atoms with Crippen LogP contribution < -0.4 is 21.3 Å². The fourth-order valence-electron chi connectivity index (χ4n) is 4.90. The number of pyridine rings is 1. The quantitative estimate of drug-likeness (QED) is 0.368. The van der Waals surface area contributed by atoms with Gasteiger partial charge < -0.3 is 21.3 Å². The number of rotatable bonds is 7. The monoisotopic (exact) mass is 512 g/mol. The second kappa shape index (κ2) is 9.03. The molecule has 9 nitrogen and oxygen atoms in total. The zero-order valence-corrected chi connectivity index (χ0v) is 21.4. The van der Waals surface area contributed by atoms with E-state index in [0.717, 1.165) is 31.5 Å². The number of nitriles is 1. The van der Waals surface area contributed by atoms with Crippen LogP contribution in [0.1, 0.15) is 66.7 Å². The van der Waals surface area contributed by atoms with E-state index in [-0.39, 0.29) is 40.4 Å². The molecule has 0 atom stereocenters. The summed E-state index contributed by atoms with van der Waals surface area (Å²) in [5.74, 6) is -0.0534. The van der Waals surface area contributed by atoms with Gasteiger partial charge in [-0.05, 0) is 81.3 Å². The van der Waals surface area contributed by atoms with Gasteiger partial charge in [-0.2, -0.15) is 10.2 Å². The van der Waals surface area contributed by atoms with E-state index in [1.807, 2.05) is 6.07 Å². The van der Waals surface area contributed by atoms with Gasteiger partial charge in [0.05, 0.1) is 17.2 Å².